The predicted molar refractivity (Wildman–Crippen MR) is 141 cm³/mol. The summed E-state index contributed by atoms with van der Waals surface area (Å²) in [5, 5.41) is 12.8. The van der Waals surface area contributed by atoms with Crippen molar-refractivity contribution in [2.75, 3.05) is 52.4 Å². The summed E-state index contributed by atoms with van der Waals surface area (Å²) in [5.41, 5.74) is 5.00. The second-order valence-corrected chi connectivity index (χ2v) is 10.0. The third kappa shape index (κ3) is 6.84. The van der Waals surface area contributed by atoms with Gasteiger partial charge in [0.1, 0.15) is 5.75 Å². The number of nitrogens with zero attached hydrogens (tertiary/aromatic N) is 2. The number of hydrogen-bond acceptors (Lipinski definition) is 5. The molecular formula is C29H41N3O3. The molecule has 2 aromatic carbocycles. The highest BCUT2D eigenvalue weighted by Gasteiger charge is 2.19. The van der Waals surface area contributed by atoms with E-state index in [2.05, 4.69) is 34.2 Å². The van der Waals surface area contributed by atoms with Gasteiger partial charge in [-0.3, -0.25) is 4.79 Å². The lowest BCUT2D eigenvalue weighted by atomic mass is 9.93. The molecule has 0 radical (unpaired) electrons. The van der Waals surface area contributed by atoms with Gasteiger partial charge in [0.25, 0.3) is 5.91 Å². The Kier molecular flexibility index (Phi) is 9.18. The quantitative estimate of drug-likeness (QED) is 0.477. The van der Waals surface area contributed by atoms with Crippen molar-refractivity contribution in [2.24, 2.45) is 0 Å². The van der Waals surface area contributed by atoms with Crippen LogP contribution in [0, 0.1) is 13.8 Å². The predicted octanol–water partition coefficient (Wildman–Crippen LogP) is 4.02. The fourth-order valence-electron chi connectivity index (χ4n) is 5.33. The minimum absolute atomic E-state index is 0.00265. The fraction of sp³-hybridized carbons (Fsp3) is 0.552. The van der Waals surface area contributed by atoms with Gasteiger partial charge in [-0.15, -0.1) is 0 Å². The summed E-state index contributed by atoms with van der Waals surface area (Å²) >= 11 is 0. The molecular weight excluding hydrogens is 438 g/mol. The lowest BCUT2D eigenvalue weighted by molar-refractivity contribution is 0.0951. The SMILES string of the molecule is Cc1c(OCCCN2CCC(O)C2)cccc1-c1cccc(C(=O)NCCCN2CCCC2)c1C. The van der Waals surface area contributed by atoms with E-state index < -0.39 is 0 Å². The average molecular weight is 480 g/mol. The number of β-amino-alcohol motifs (C(OH)–C–C–N with tert-alkyl or cyclic N) is 1. The lowest BCUT2D eigenvalue weighted by Gasteiger charge is -2.18. The zero-order chi connectivity index (χ0) is 24.6. The van der Waals surface area contributed by atoms with E-state index in [-0.39, 0.29) is 12.0 Å². The summed E-state index contributed by atoms with van der Waals surface area (Å²) in [6.07, 6.45) is 5.22. The van der Waals surface area contributed by atoms with Crippen LogP contribution in [0.25, 0.3) is 11.1 Å². The zero-order valence-corrected chi connectivity index (χ0v) is 21.4. The van der Waals surface area contributed by atoms with Gasteiger partial charge in [-0.2, -0.15) is 0 Å². The number of ether oxygens (including phenoxy) is 1. The number of aliphatic hydroxyl groups is 1. The molecule has 35 heavy (non-hydrogen) atoms. The number of likely N-dealkylation sites (tertiary alicyclic amines) is 2. The van der Waals surface area contributed by atoms with E-state index in [4.69, 9.17) is 4.74 Å². The van der Waals surface area contributed by atoms with E-state index in [1.54, 1.807) is 0 Å². The van der Waals surface area contributed by atoms with E-state index in [1.807, 2.05) is 31.2 Å². The monoisotopic (exact) mass is 479 g/mol. The molecule has 6 heteroatoms. The summed E-state index contributed by atoms with van der Waals surface area (Å²) < 4.78 is 6.14. The maximum absolute atomic E-state index is 12.9. The summed E-state index contributed by atoms with van der Waals surface area (Å²) in [6.45, 7) is 11.6. The summed E-state index contributed by atoms with van der Waals surface area (Å²) in [4.78, 5) is 17.7. The third-order valence-electron chi connectivity index (χ3n) is 7.41. The molecule has 1 amide bonds. The van der Waals surface area contributed by atoms with Gasteiger partial charge in [0.05, 0.1) is 12.7 Å². The van der Waals surface area contributed by atoms with Crippen molar-refractivity contribution < 1.29 is 14.6 Å². The summed E-state index contributed by atoms with van der Waals surface area (Å²) in [6, 6.07) is 12.1. The first-order chi connectivity index (χ1) is 17.0. The molecule has 0 spiro atoms. The molecule has 2 aromatic rings. The normalized spacial score (nSPS) is 18.8. The molecule has 0 aliphatic carbocycles. The molecule has 2 N–H and O–H groups in total. The van der Waals surface area contributed by atoms with E-state index >= 15 is 0 Å². The van der Waals surface area contributed by atoms with Crippen LogP contribution in [0.3, 0.4) is 0 Å². The molecule has 6 nitrogen and oxygen atoms in total. The Labute approximate surface area is 210 Å². The molecule has 0 aromatic heterocycles. The number of carbonyl (C=O) groups is 1. The Bertz CT molecular complexity index is 987. The highest BCUT2D eigenvalue weighted by Crippen LogP contribution is 2.33. The first-order valence-electron chi connectivity index (χ1n) is 13.3. The van der Waals surface area contributed by atoms with E-state index in [0.717, 1.165) is 79.0 Å². The summed E-state index contributed by atoms with van der Waals surface area (Å²) in [5.74, 6) is 0.892. The third-order valence-corrected chi connectivity index (χ3v) is 7.41. The van der Waals surface area contributed by atoms with Crippen LogP contribution in [-0.4, -0.2) is 79.3 Å². The minimum Gasteiger partial charge on any atom is -0.493 e. The number of carbonyl (C=O) groups excluding carboxylic acids is 1. The zero-order valence-electron chi connectivity index (χ0n) is 21.4. The van der Waals surface area contributed by atoms with Gasteiger partial charge in [-0.25, -0.2) is 0 Å². The number of amides is 1. The van der Waals surface area contributed by atoms with Crippen LogP contribution in [0.15, 0.2) is 36.4 Å². The molecule has 2 saturated heterocycles. The number of nitrogens with one attached hydrogen (secondary N) is 1. The van der Waals surface area contributed by atoms with E-state index in [9.17, 15) is 9.90 Å². The van der Waals surface area contributed by atoms with Crippen LogP contribution in [0.2, 0.25) is 0 Å². The van der Waals surface area contributed by atoms with Crippen molar-refractivity contribution >= 4 is 5.91 Å². The Balaban J connectivity index is 1.34. The smallest absolute Gasteiger partial charge is 0.251 e. The average Bonchev–Trinajstić information content (AvgIpc) is 3.52. The van der Waals surface area contributed by atoms with Gasteiger partial charge in [-0.1, -0.05) is 24.3 Å². The number of aliphatic hydroxyl groups excluding tert-OH is 1. The van der Waals surface area contributed by atoms with Crippen LogP contribution >= 0.6 is 0 Å². The van der Waals surface area contributed by atoms with Gasteiger partial charge in [0.2, 0.25) is 0 Å². The van der Waals surface area contributed by atoms with E-state index in [0.29, 0.717) is 13.2 Å². The van der Waals surface area contributed by atoms with Gasteiger partial charge < -0.3 is 25.0 Å². The van der Waals surface area contributed by atoms with Crippen molar-refractivity contribution in [2.45, 2.75) is 52.1 Å². The van der Waals surface area contributed by atoms with Gasteiger partial charge in [0, 0.05) is 31.7 Å². The first-order valence-corrected chi connectivity index (χ1v) is 13.3. The highest BCUT2D eigenvalue weighted by molar-refractivity contribution is 5.97. The Morgan fingerprint density at radius 2 is 1.69 bits per heavy atom. The minimum atomic E-state index is -0.175. The van der Waals surface area contributed by atoms with Crippen LogP contribution in [0.4, 0.5) is 0 Å². The van der Waals surface area contributed by atoms with Gasteiger partial charge >= 0.3 is 0 Å². The molecule has 0 bridgehead atoms. The maximum Gasteiger partial charge on any atom is 0.251 e. The Morgan fingerprint density at radius 3 is 2.43 bits per heavy atom. The fourth-order valence-corrected chi connectivity index (χ4v) is 5.33. The Hall–Kier alpha value is -2.41. The molecule has 2 aliphatic rings. The highest BCUT2D eigenvalue weighted by atomic mass is 16.5. The number of benzene rings is 2. The molecule has 0 saturated carbocycles. The Morgan fingerprint density at radius 1 is 0.971 bits per heavy atom. The molecule has 2 fully saturated rings. The van der Waals surface area contributed by atoms with Crippen molar-refractivity contribution in [3.8, 4) is 16.9 Å². The maximum atomic E-state index is 12.9. The second-order valence-electron chi connectivity index (χ2n) is 10.0. The first kappa shape index (κ1) is 25.7. The van der Waals surface area contributed by atoms with Crippen LogP contribution in [-0.2, 0) is 0 Å². The van der Waals surface area contributed by atoms with Crippen molar-refractivity contribution in [3.63, 3.8) is 0 Å². The standard InChI is InChI=1S/C29H41N3O3/c1-22-25(9-5-11-27(22)29(34)30-14-7-17-31-15-3-4-16-31)26-10-6-12-28(23(26)2)35-20-8-18-32-19-13-24(33)21-32/h5-6,9-12,24,33H,3-4,7-8,13-21H2,1-2H3,(H,30,34). The molecule has 190 valence electrons. The van der Waals surface area contributed by atoms with Crippen molar-refractivity contribution in [1.82, 2.24) is 15.1 Å². The second kappa shape index (κ2) is 12.5. The number of hydrogen-bond donors (Lipinski definition) is 2. The topological polar surface area (TPSA) is 65.0 Å². The lowest BCUT2D eigenvalue weighted by Crippen LogP contribution is -2.29. The van der Waals surface area contributed by atoms with Crippen LogP contribution in [0.5, 0.6) is 5.75 Å². The van der Waals surface area contributed by atoms with Gasteiger partial charge in [0.15, 0.2) is 0 Å². The van der Waals surface area contributed by atoms with Gasteiger partial charge in [-0.05, 0) is 100.0 Å². The van der Waals surface area contributed by atoms with Crippen molar-refractivity contribution in [3.05, 3.63) is 53.1 Å². The molecule has 1 unspecified atom stereocenters. The number of rotatable bonds is 11. The molecule has 4 rings (SSSR count). The van der Waals surface area contributed by atoms with E-state index in [1.165, 1.54) is 25.9 Å². The van der Waals surface area contributed by atoms with Crippen molar-refractivity contribution in [1.29, 1.82) is 0 Å². The van der Waals surface area contributed by atoms with Crippen LogP contribution in [0.1, 0.15) is 53.6 Å². The summed E-state index contributed by atoms with van der Waals surface area (Å²) in [7, 11) is 0. The molecule has 2 heterocycles. The molecule has 2 aliphatic heterocycles. The molecule has 1 atom stereocenters. The largest absolute Gasteiger partial charge is 0.493 e. The van der Waals surface area contributed by atoms with Crippen LogP contribution < -0.4 is 10.1 Å².